The van der Waals surface area contributed by atoms with E-state index in [1.54, 1.807) is 0 Å². The van der Waals surface area contributed by atoms with Crippen molar-refractivity contribution in [1.82, 2.24) is 37.2 Å². The molecule has 23 N–H and O–H groups in total. The largest absolute Gasteiger partial charge is 0.487 e. The Morgan fingerprint density at radius 1 is 0.536 bits per heavy atom. The van der Waals surface area contributed by atoms with Crippen LogP contribution in [-0.2, 0) is 44.8 Å². The topological polar surface area (TPSA) is 505 Å². The lowest BCUT2D eigenvalue weighted by Crippen LogP contribution is -2.60. The van der Waals surface area contributed by atoms with Gasteiger partial charge >= 0.3 is 5.63 Å². The van der Waals surface area contributed by atoms with Gasteiger partial charge in [0.05, 0.1) is 18.6 Å². The van der Waals surface area contributed by atoms with Crippen molar-refractivity contribution in [2.45, 2.75) is 236 Å². The first-order valence-corrected chi connectivity index (χ1v) is 34.7. The molecule has 1 aromatic carbocycles. The molecular formula is C66H108F2N18O11. The molecule has 5 rings (SSSR count). The number of carbonyl (C=O) groups excluding carboxylic acids is 8. The maximum atomic E-state index is 15.3. The van der Waals surface area contributed by atoms with Gasteiger partial charge in [-0.25, -0.2) is 9.18 Å². The van der Waals surface area contributed by atoms with E-state index in [9.17, 15) is 47.5 Å². The third kappa shape index (κ3) is 28.3. The van der Waals surface area contributed by atoms with Gasteiger partial charge in [-0.3, -0.25) is 53.3 Å². The molecule has 3 saturated carbocycles. The zero-order valence-corrected chi connectivity index (χ0v) is 56.4. The summed E-state index contributed by atoms with van der Waals surface area (Å²) in [5, 5.41) is 20.0. The molecule has 3 aliphatic rings. The maximum absolute atomic E-state index is 15.3. The van der Waals surface area contributed by atoms with Crippen LogP contribution in [0.4, 0.5) is 8.78 Å². The predicted octanol–water partition coefficient (Wildman–Crippen LogP) is 1.79. The predicted molar refractivity (Wildman–Crippen MR) is 366 cm³/mol. The van der Waals surface area contributed by atoms with Crippen LogP contribution in [0.5, 0.6) is 5.75 Å². The van der Waals surface area contributed by atoms with Crippen LogP contribution in [0.15, 0.2) is 30.3 Å². The zero-order valence-electron chi connectivity index (χ0n) is 56.4. The van der Waals surface area contributed by atoms with E-state index >= 15 is 4.39 Å². The van der Waals surface area contributed by atoms with Crippen molar-refractivity contribution in [2.75, 3.05) is 39.3 Å². The van der Waals surface area contributed by atoms with Crippen molar-refractivity contribution in [3.8, 4) is 5.75 Å². The van der Waals surface area contributed by atoms with Gasteiger partial charge in [0.15, 0.2) is 35.0 Å². The van der Waals surface area contributed by atoms with Crippen molar-refractivity contribution in [3.05, 3.63) is 39.2 Å². The molecule has 0 unspecified atom stereocenters. The van der Waals surface area contributed by atoms with Gasteiger partial charge in [-0.05, 0) is 120 Å². The number of benzene rings is 1. The molecule has 8 amide bonds. The number of halogens is 2. The first-order chi connectivity index (χ1) is 46.4. The molecule has 1 aromatic heterocycles. The quantitative estimate of drug-likeness (QED) is 0.0195. The van der Waals surface area contributed by atoms with E-state index in [1.807, 2.05) is 0 Å². The smallest absolute Gasteiger partial charge is 0.340 e. The van der Waals surface area contributed by atoms with Crippen LogP contribution >= 0.6 is 0 Å². The van der Waals surface area contributed by atoms with Gasteiger partial charge in [0.25, 0.3) is 0 Å². The lowest BCUT2D eigenvalue weighted by molar-refractivity contribution is -0.136. The number of fused-ring (bicyclic) bond motifs is 1. The van der Waals surface area contributed by atoms with E-state index in [0.717, 1.165) is 102 Å². The number of aryl methyl sites for hydroxylation is 1. The second kappa shape index (κ2) is 42.3. The van der Waals surface area contributed by atoms with Crippen LogP contribution in [0, 0.1) is 36.3 Å². The molecule has 0 radical (unpaired) electrons. The Kier molecular flexibility index (Phi) is 34.6. The molecule has 0 aliphatic heterocycles. The highest BCUT2D eigenvalue weighted by Gasteiger charge is 2.36. The highest BCUT2D eigenvalue weighted by molar-refractivity contribution is 5.97. The summed E-state index contributed by atoms with van der Waals surface area (Å²) in [7, 11) is 0. The summed E-state index contributed by atoms with van der Waals surface area (Å²) in [4.78, 5) is 138. The van der Waals surface area contributed by atoms with Crippen LogP contribution in [0.1, 0.15) is 197 Å². The summed E-state index contributed by atoms with van der Waals surface area (Å²) in [5.74, 6) is -8.31. The number of primary amides is 1. The normalized spacial score (nSPS) is 16.4. The maximum Gasteiger partial charge on any atom is 0.340 e. The summed E-state index contributed by atoms with van der Waals surface area (Å²) in [6, 6.07) is -6.08. The summed E-state index contributed by atoms with van der Waals surface area (Å²) >= 11 is 0. The average molecular weight is 1370 g/mol. The van der Waals surface area contributed by atoms with E-state index in [1.165, 1.54) is 6.92 Å². The van der Waals surface area contributed by atoms with E-state index in [2.05, 4.69) is 52.2 Å². The molecule has 6 atom stereocenters. The van der Waals surface area contributed by atoms with E-state index in [4.69, 9.17) is 55.0 Å². The number of carbonyl (C=O) groups is 8. The monoisotopic (exact) mass is 1370 g/mol. The van der Waals surface area contributed by atoms with Gasteiger partial charge < -0.3 is 92.2 Å². The van der Waals surface area contributed by atoms with Crippen LogP contribution in [0.25, 0.3) is 11.0 Å². The molecule has 97 heavy (non-hydrogen) atoms. The van der Waals surface area contributed by atoms with E-state index in [-0.39, 0.29) is 143 Å². The third-order valence-electron chi connectivity index (χ3n) is 18.3. The fraction of sp³-hybridized carbons (Fsp3) is 0.697. The van der Waals surface area contributed by atoms with Crippen molar-refractivity contribution in [3.63, 3.8) is 0 Å². The molecule has 1 heterocycles. The Morgan fingerprint density at radius 3 is 1.38 bits per heavy atom. The number of ether oxygens (including phenoxy) is 1. The molecule has 31 heteroatoms. The minimum absolute atomic E-state index is 0.00261. The number of hydrogen-bond donors (Lipinski definition) is 15. The Balaban J connectivity index is 1.30. The Hall–Kier alpha value is -8.38. The van der Waals surface area contributed by atoms with Crippen LogP contribution in [0.3, 0.4) is 0 Å². The van der Waals surface area contributed by atoms with Gasteiger partial charge in [-0.2, -0.15) is 4.39 Å². The number of amides is 8. The van der Waals surface area contributed by atoms with Gasteiger partial charge in [0.2, 0.25) is 53.1 Å². The lowest BCUT2D eigenvalue weighted by Gasteiger charge is -2.31. The molecular weight excluding hydrogens is 1260 g/mol. The average Bonchev–Trinajstić information content (AvgIpc) is 0.767. The number of rotatable bonds is 42. The van der Waals surface area contributed by atoms with Crippen molar-refractivity contribution < 1.29 is 56.3 Å². The Bertz CT molecular complexity index is 3070. The number of unbranched alkanes of at least 4 members (excludes halogenated alkanes) is 2. The molecule has 542 valence electrons. The van der Waals surface area contributed by atoms with Crippen molar-refractivity contribution in [2.24, 2.45) is 78.6 Å². The van der Waals surface area contributed by atoms with Gasteiger partial charge in [0.1, 0.15) is 36.3 Å². The Morgan fingerprint density at radius 2 is 0.948 bits per heavy atom. The van der Waals surface area contributed by atoms with Crippen LogP contribution in [-0.4, -0.2) is 141 Å². The molecule has 3 aliphatic carbocycles. The van der Waals surface area contributed by atoms with Gasteiger partial charge in [-0.15, -0.1) is 0 Å². The summed E-state index contributed by atoms with van der Waals surface area (Å²) in [6.45, 7) is 2.19. The number of aliphatic imine (C=N–C) groups is 3. The molecule has 29 nitrogen and oxygen atoms in total. The highest BCUT2D eigenvalue weighted by atomic mass is 19.1. The second-order valence-corrected chi connectivity index (χ2v) is 26.1. The first kappa shape index (κ1) is 79.3. The number of hydrogen-bond acceptors (Lipinski definition) is 15. The van der Waals surface area contributed by atoms with Crippen LogP contribution in [0.2, 0.25) is 0 Å². The SMILES string of the molecule is Cc1c(CC(=O)NCCCCCC(=O)N[C@H](CC2CCCCC2)C(=O)N[C@H](CCCN=C(N)N)C(=O)N[C@H](CC2CCCCC2)C(=O)N[C@H](CCCN=C(N)N)C(=O)N[C@H](CC2CCCCC2)C(=O)N[C@H](CCCN=C(N)N)C(N)=O)c(=O)oc2c(F)c(OCCCN)c(F)cc12. The standard InChI is InChI=1S/C66H108F2N18O11/c1-39-43-37-45(67)56(96-33-17-28-69)54(68)55(43)97-63(95)44(39)38-53(88)77-29-13-5-12-27-52(87)81-49(34-40-18-6-2-7-19-40)60(92)83-47(25-15-31-79-65(73)74)58(90)86-51(36-42-22-10-4-11-23-42)62(94)84-48(26-16-32-80-66(75)76)59(91)85-50(35-41-20-8-3-9-21-41)61(93)82-46(57(70)89)24-14-30-78-64(71)72/h37,40-42,46-51H,2-36,38,69H2,1H3,(H2,70,89)(H,77,88)(H,81,87)(H,82,93)(H,83,92)(H,84,94)(H,85,91)(H,86,90)(H4,71,72,78)(H4,73,74,79)(H4,75,76,80)/t46-,47-,48-,49-,50-,51-/m1/s1. The Labute approximate surface area is 566 Å². The van der Waals surface area contributed by atoms with E-state index < -0.39 is 119 Å². The summed E-state index contributed by atoms with van der Waals surface area (Å²) in [5.41, 5.74) is 43.4. The minimum atomic E-state index is -1.28. The summed E-state index contributed by atoms with van der Waals surface area (Å²) in [6.07, 6.45) is 16.3. The first-order valence-electron chi connectivity index (χ1n) is 34.7. The fourth-order valence-corrected chi connectivity index (χ4v) is 13.0. The van der Waals surface area contributed by atoms with Crippen molar-refractivity contribution in [1.29, 1.82) is 0 Å². The number of nitrogens with two attached hydrogens (primary N) is 8. The number of guanidine groups is 3. The van der Waals surface area contributed by atoms with E-state index in [0.29, 0.717) is 38.5 Å². The number of nitrogens with one attached hydrogen (secondary N) is 7. The second-order valence-electron chi connectivity index (χ2n) is 26.1. The molecule has 0 saturated heterocycles. The zero-order chi connectivity index (χ0) is 70.8. The molecule has 0 spiro atoms. The van der Waals surface area contributed by atoms with Gasteiger partial charge in [-0.1, -0.05) is 103 Å². The summed E-state index contributed by atoms with van der Waals surface area (Å²) < 4.78 is 40.7. The third-order valence-corrected chi connectivity index (χ3v) is 18.3. The number of nitrogens with zero attached hydrogens (tertiary/aromatic N) is 3. The lowest BCUT2D eigenvalue weighted by atomic mass is 9.84. The van der Waals surface area contributed by atoms with Crippen molar-refractivity contribution >= 4 is 76.1 Å². The molecule has 0 bridgehead atoms. The van der Waals surface area contributed by atoms with Crippen LogP contribution < -0.4 is 93.4 Å². The molecule has 2 aromatic rings. The highest BCUT2D eigenvalue weighted by Crippen LogP contribution is 2.33. The van der Waals surface area contributed by atoms with Gasteiger partial charge in [0, 0.05) is 38.0 Å². The minimum Gasteiger partial charge on any atom is -0.487 e. The fourth-order valence-electron chi connectivity index (χ4n) is 13.0. The molecule has 3 fully saturated rings.